The van der Waals surface area contributed by atoms with Crippen LogP contribution in [0.15, 0.2) is 4.99 Å². The molecule has 0 atom stereocenters. The van der Waals surface area contributed by atoms with Crippen LogP contribution in [0.1, 0.15) is 20.3 Å². The maximum atomic E-state index is 3.72. The fraction of sp³-hybridized carbons (Fsp3) is 0.500. The van der Waals surface area contributed by atoms with Crippen LogP contribution in [0.4, 0.5) is 0 Å². The molecule has 1 heteroatoms. The zero-order valence-electron chi connectivity index (χ0n) is 4.73. The highest BCUT2D eigenvalue weighted by Crippen LogP contribution is 1.65. The van der Waals surface area contributed by atoms with Crippen LogP contribution in [-0.2, 0) is 0 Å². The molecule has 0 saturated heterocycles. The van der Waals surface area contributed by atoms with Crippen LogP contribution >= 0.6 is 0 Å². The second-order valence-electron chi connectivity index (χ2n) is 1.08. The molecule has 0 N–H and O–H groups in total. The predicted octanol–water partition coefficient (Wildman–Crippen LogP) is 1.45. The summed E-state index contributed by atoms with van der Waals surface area (Å²) in [4.78, 5) is 3.72. The SMILES string of the molecule is CC#C/N=C/CC. The summed E-state index contributed by atoms with van der Waals surface area (Å²) >= 11 is 0. The molecule has 0 amide bonds. The van der Waals surface area contributed by atoms with Gasteiger partial charge < -0.3 is 0 Å². The predicted molar refractivity (Wildman–Crippen MR) is 32.2 cm³/mol. The fourth-order valence-corrected chi connectivity index (χ4v) is 0.201. The molecule has 0 aliphatic carbocycles. The van der Waals surface area contributed by atoms with Crippen LogP contribution in [-0.4, -0.2) is 6.21 Å². The Kier molecular flexibility index (Phi) is 4.65. The molecule has 7 heavy (non-hydrogen) atoms. The monoisotopic (exact) mass is 95.1 g/mol. The zero-order chi connectivity index (χ0) is 5.54. The van der Waals surface area contributed by atoms with Gasteiger partial charge in [0.05, 0.1) is 0 Å². The Bertz CT molecular complexity index is 103. The number of nitrogens with zero attached hydrogens (tertiary/aromatic N) is 1. The van der Waals surface area contributed by atoms with E-state index in [0.717, 1.165) is 6.42 Å². The van der Waals surface area contributed by atoms with Crippen LogP contribution in [0.3, 0.4) is 0 Å². The molecule has 1 nitrogen and oxygen atoms in total. The maximum Gasteiger partial charge on any atom is 0.0330 e. The summed E-state index contributed by atoms with van der Waals surface area (Å²) in [6.45, 7) is 3.80. The van der Waals surface area contributed by atoms with Crippen LogP contribution < -0.4 is 0 Å². The molecule has 0 aliphatic heterocycles. The van der Waals surface area contributed by atoms with Crippen molar-refractivity contribution >= 4 is 6.21 Å². The second kappa shape index (κ2) is 5.23. The summed E-state index contributed by atoms with van der Waals surface area (Å²) in [6, 6.07) is 2.57. The molecule has 38 valence electrons. The normalized spacial score (nSPS) is 8.29. The summed E-state index contributed by atoms with van der Waals surface area (Å²) in [6.07, 6.45) is 2.76. The molecule has 0 rings (SSSR count). The van der Waals surface area contributed by atoms with Gasteiger partial charge in [0.2, 0.25) is 0 Å². The van der Waals surface area contributed by atoms with Gasteiger partial charge in [-0.15, -0.1) is 0 Å². The molecular weight excluding hydrogens is 86.1 g/mol. The lowest BCUT2D eigenvalue weighted by molar-refractivity contribution is 1.32. The van der Waals surface area contributed by atoms with Crippen molar-refractivity contribution in [3.8, 4) is 12.0 Å². The maximum absolute atomic E-state index is 3.72. The third-order valence-electron chi connectivity index (χ3n) is 0.450. The van der Waals surface area contributed by atoms with Gasteiger partial charge in [-0.2, -0.15) is 0 Å². The molecule has 0 aromatic rings. The fourth-order valence-electron chi connectivity index (χ4n) is 0.201. The number of hydrogen-bond donors (Lipinski definition) is 0. The van der Waals surface area contributed by atoms with E-state index in [1.165, 1.54) is 0 Å². The minimum atomic E-state index is 0.967. The Morgan fingerprint density at radius 3 is 2.86 bits per heavy atom. The van der Waals surface area contributed by atoms with Crippen molar-refractivity contribution in [2.75, 3.05) is 0 Å². The minimum Gasteiger partial charge on any atom is -0.210 e. The van der Waals surface area contributed by atoms with E-state index in [1.807, 2.05) is 6.92 Å². The van der Waals surface area contributed by atoms with Gasteiger partial charge in [0.25, 0.3) is 0 Å². The Morgan fingerprint density at radius 2 is 2.43 bits per heavy atom. The molecule has 0 radical (unpaired) electrons. The average Bonchev–Trinajstić information content (AvgIpc) is 1.69. The third kappa shape index (κ3) is 5.23. The minimum absolute atomic E-state index is 0.967. The highest BCUT2D eigenvalue weighted by Gasteiger charge is 1.57. The topological polar surface area (TPSA) is 12.4 Å². The number of rotatable bonds is 1. The van der Waals surface area contributed by atoms with Crippen LogP contribution in [0.25, 0.3) is 0 Å². The van der Waals surface area contributed by atoms with E-state index in [1.54, 1.807) is 13.1 Å². The van der Waals surface area contributed by atoms with Crippen molar-refractivity contribution < 1.29 is 0 Å². The smallest absolute Gasteiger partial charge is 0.0330 e. The van der Waals surface area contributed by atoms with Gasteiger partial charge in [0, 0.05) is 12.3 Å². The summed E-state index contributed by atoms with van der Waals surface area (Å²) < 4.78 is 0. The van der Waals surface area contributed by atoms with Gasteiger partial charge in [-0.05, 0) is 13.3 Å². The summed E-state index contributed by atoms with van der Waals surface area (Å²) in [5.74, 6) is 2.65. The van der Waals surface area contributed by atoms with Gasteiger partial charge in [-0.3, -0.25) is 0 Å². The highest BCUT2D eigenvalue weighted by atomic mass is 14.6. The van der Waals surface area contributed by atoms with Crippen molar-refractivity contribution in [1.82, 2.24) is 0 Å². The Hall–Kier alpha value is -0.770. The van der Waals surface area contributed by atoms with Gasteiger partial charge in [-0.25, -0.2) is 4.99 Å². The second-order valence-corrected chi connectivity index (χ2v) is 1.08. The molecular formula is C6H9N. The van der Waals surface area contributed by atoms with Crippen LogP contribution in [0.2, 0.25) is 0 Å². The van der Waals surface area contributed by atoms with E-state index in [4.69, 9.17) is 0 Å². The molecule has 0 heterocycles. The van der Waals surface area contributed by atoms with E-state index in [9.17, 15) is 0 Å². The first-order valence-electron chi connectivity index (χ1n) is 2.35. The van der Waals surface area contributed by atoms with Crippen LogP contribution in [0, 0.1) is 12.0 Å². The van der Waals surface area contributed by atoms with E-state index < -0.39 is 0 Å². The molecule has 0 bridgehead atoms. The van der Waals surface area contributed by atoms with E-state index in [-0.39, 0.29) is 0 Å². The van der Waals surface area contributed by atoms with Gasteiger partial charge in [0.15, 0.2) is 0 Å². The van der Waals surface area contributed by atoms with Gasteiger partial charge in [0.1, 0.15) is 0 Å². The standard InChI is InChI=1S/C6H9N/c1-3-5-7-6-4-2/h5H,3H2,1-2H3/b7-5+. The molecule has 0 fully saturated rings. The van der Waals surface area contributed by atoms with Gasteiger partial charge in [-0.1, -0.05) is 12.8 Å². The van der Waals surface area contributed by atoms with Gasteiger partial charge >= 0.3 is 0 Å². The van der Waals surface area contributed by atoms with Crippen molar-refractivity contribution in [3.63, 3.8) is 0 Å². The molecule has 0 spiro atoms. The van der Waals surface area contributed by atoms with Crippen molar-refractivity contribution in [3.05, 3.63) is 0 Å². The lowest BCUT2D eigenvalue weighted by Crippen LogP contribution is -1.61. The molecule has 0 aliphatic rings. The average molecular weight is 95.1 g/mol. The summed E-state index contributed by atoms with van der Waals surface area (Å²) in [5.41, 5.74) is 0. The zero-order valence-corrected chi connectivity index (χ0v) is 4.73. The van der Waals surface area contributed by atoms with Crippen LogP contribution in [0.5, 0.6) is 0 Å². The third-order valence-corrected chi connectivity index (χ3v) is 0.450. The van der Waals surface area contributed by atoms with Crippen molar-refractivity contribution in [1.29, 1.82) is 0 Å². The Balaban J connectivity index is 3.21. The first kappa shape index (κ1) is 6.23. The largest absolute Gasteiger partial charge is 0.210 e. The van der Waals surface area contributed by atoms with Crippen molar-refractivity contribution in [2.45, 2.75) is 20.3 Å². The summed E-state index contributed by atoms with van der Waals surface area (Å²) in [7, 11) is 0. The lowest BCUT2D eigenvalue weighted by Gasteiger charge is -1.66. The molecule has 0 aromatic carbocycles. The first-order chi connectivity index (χ1) is 3.41. The quantitative estimate of drug-likeness (QED) is 0.345. The molecule has 0 unspecified atom stereocenters. The number of aliphatic imine (C=N–C) groups is 1. The Labute approximate surface area is 44.5 Å². The van der Waals surface area contributed by atoms with E-state index >= 15 is 0 Å². The van der Waals surface area contributed by atoms with Crippen molar-refractivity contribution in [2.24, 2.45) is 4.99 Å². The van der Waals surface area contributed by atoms with E-state index in [2.05, 4.69) is 17.0 Å². The summed E-state index contributed by atoms with van der Waals surface area (Å²) in [5, 5.41) is 0. The molecule has 0 aromatic heterocycles. The van der Waals surface area contributed by atoms with E-state index in [0.29, 0.717) is 0 Å². The highest BCUT2D eigenvalue weighted by molar-refractivity contribution is 5.58. The first-order valence-corrected chi connectivity index (χ1v) is 2.35. The lowest BCUT2D eigenvalue weighted by atomic mass is 10.5. The molecule has 0 saturated carbocycles. The number of hydrogen-bond acceptors (Lipinski definition) is 1. The Morgan fingerprint density at radius 1 is 1.71 bits per heavy atom.